The number of hydrogen-bond donors (Lipinski definition) is 2. The molecule has 112 valence electrons. The smallest absolute Gasteiger partial charge is 0.233 e. The number of amides is 1. The summed E-state index contributed by atoms with van der Waals surface area (Å²) in [5.74, 6) is 0.816. The highest BCUT2D eigenvalue weighted by Crippen LogP contribution is 2.34. The minimum atomic E-state index is 0.106. The Balaban J connectivity index is 2.31. The molecule has 0 aliphatic carbocycles. The van der Waals surface area contributed by atoms with Gasteiger partial charge in [0.1, 0.15) is 0 Å². The second-order valence-electron chi connectivity index (χ2n) is 6.88. The largest absolute Gasteiger partial charge is 0.354 e. The van der Waals surface area contributed by atoms with Gasteiger partial charge in [-0.15, -0.1) is 0 Å². The molecule has 0 aromatic carbocycles. The molecule has 19 heavy (non-hydrogen) atoms. The van der Waals surface area contributed by atoms with Gasteiger partial charge in [-0.1, -0.05) is 27.7 Å². The molecule has 1 heterocycles. The van der Waals surface area contributed by atoms with Gasteiger partial charge in [-0.25, -0.2) is 0 Å². The second-order valence-corrected chi connectivity index (χ2v) is 6.88. The van der Waals surface area contributed by atoms with Crippen LogP contribution in [-0.2, 0) is 4.79 Å². The highest BCUT2D eigenvalue weighted by atomic mass is 16.1. The van der Waals surface area contributed by atoms with E-state index in [4.69, 9.17) is 0 Å². The van der Waals surface area contributed by atoms with E-state index in [1.807, 2.05) is 0 Å². The maximum Gasteiger partial charge on any atom is 0.233 e. The molecule has 0 unspecified atom stereocenters. The third kappa shape index (κ3) is 5.91. The van der Waals surface area contributed by atoms with E-state index in [0.29, 0.717) is 18.5 Å². The number of piperidine rings is 1. The van der Waals surface area contributed by atoms with Gasteiger partial charge in [-0.3, -0.25) is 4.79 Å². The van der Waals surface area contributed by atoms with E-state index in [1.165, 1.54) is 25.9 Å². The summed E-state index contributed by atoms with van der Waals surface area (Å²) in [6, 6.07) is 0.354. The van der Waals surface area contributed by atoms with E-state index in [1.54, 1.807) is 0 Å². The Morgan fingerprint density at radius 1 is 1.32 bits per heavy atom. The monoisotopic (exact) mass is 269 g/mol. The topological polar surface area (TPSA) is 44.4 Å². The van der Waals surface area contributed by atoms with Crippen LogP contribution in [0.4, 0.5) is 0 Å². The Hall–Kier alpha value is -0.610. The molecule has 0 atom stereocenters. The summed E-state index contributed by atoms with van der Waals surface area (Å²) in [4.78, 5) is 14.1. The molecule has 0 spiro atoms. The molecule has 0 aromatic heterocycles. The first-order chi connectivity index (χ1) is 8.81. The minimum absolute atomic E-state index is 0.106. The van der Waals surface area contributed by atoms with Crippen molar-refractivity contribution in [2.45, 2.75) is 46.6 Å². The zero-order valence-electron chi connectivity index (χ0n) is 13.3. The standard InChI is InChI=1S/C15H31N3O/c1-12(2)16-10-14(19)17-11-15(3,4)13-6-8-18(5)9-7-13/h12-13,16H,6-11H2,1-5H3,(H,17,19). The van der Waals surface area contributed by atoms with Gasteiger partial charge in [0.15, 0.2) is 0 Å². The third-order valence-electron chi connectivity index (χ3n) is 4.24. The number of nitrogens with zero attached hydrogens (tertiary/aromatic N) is 1. The van der Waals surface area contributed by atoms with Crippen LogP contribution in [0.5, 0.6) is 0 Å². The maximum absolute atomic E-state index is 11.7. The fourth-order valence-corrected chi connectivity index (χ4v) is 2.62. The number of carbonyl (C=O) groups excluding carboxylic acids is 1. The molecule has 1 rings (SSSR count). The summed E-state index contributed by atoms with van der Waals surface area (Å²) in [5, 5.41) is 6.22. The number of rotatable bonds is 6. The van der Waals surface area contributed by atoms with Gasteiger partial charge in [-0.05, 0) is 44.3 Å². The zero-order chi connectivity index (χ0) is 14.5. The van der Waals surface area contributed by atoms with Crippen molar-refractivity contribution in [1.29, 1.82) is 0 Å². The predicted molar refractivity (Wildman–Crippen MR) is 80.2 cm³/mol. The van der Waals surface area contributed by atoms with Crippen LogP contribution in [0.3, 0.4) is 0 Å². The lowest BCUT2D eigenvalue weighted by Gasteiger charge is -2.39. The first kappa shape index (κ1) is 16.4. The van der Waals surface area contributed by atoms with Gasteiger partial charge in [-0.2, -0.15) is 0 Å². The average Bonchev–Trinajstić information content (AvgIpc) is 2.34. The Morgan fingerprint density at radius 3 is 2.42 bits per heavy atom. The van der Waals surface area contributed by atoms with Gasteiger partial charge in [0, 0.05) is 12.6 Å². The minimum Gasteiger partial charge on any atom is -0.354 e. The van der Waals surface area contributed by atoms with E-state index in [-0.39, 0.29) is 11.3 Å². The van der Waals surface area contributed by atoms with Crippen molar-refractivity contribution >= 4 is 5.91 Å². The Kier molecular flexibility index (Phi) is 6.27. The quantitative estimate of drug-likeness (QED) is 0.767. The molecular weight excluding hydrogens is 238 g/mol. The Labute approximate surface area is 118 Å². The van der Waals surface area contributed by atoms with Crippen LogP contribution < -0.4 is 10.6 Å². The summed E-state index contributed by atoms with van der Waals surface area (Å²) < 4.78 is 0. The van der Waals surface area contributed by atoms with Gasteiger partial charge < -0.3 is 15.5 Å². The molecule has 1 fully saturated rings. The van der Waals surface area contributed by atoms with Gasteiger partial charge in [0.05, 0.1) is 6.54 Å². The lowest BCUT2D eigenvalue weighted by atomic mass is 9.73. The lowest BCUT2D eigenvalue weighted by molar-refractivity contribution is -0.121. The van der Waals surface area contributed by atoms with E-state index in [9.17, 15) is 4.79 Å². The predicted octanol–water partition coefficient (Wildman–Crippen LogP) is 1.47. The van der Waals surface area contributed by atoms with Gasteiger partial charge in [0.2, 0.25) is 5.91 Å². The van der Waals surface area contributed by atoms with Gasteiger partial charge in [0.25, 0.3) is 0 Å². The van der Waals surface area contributed by atoms with E-state index >= 15 is 0 Å². The zero-order valence-corrected chi connectivity index (χ0v) is 13.3. The van der Waals surface area contributed by atoms with Crippen molar-refractivity contribution < 1.29 is 4.79 Å². The molecule has 0 radical (unpaired) electrons. The first-order valence-corrected chi connectivity index (χ1v) is 7.50. The summed E-state index contributed by atoms with van der Waals surface area (Å²) in [5.41, 5.74) is 0.189. The number of hydrogen-bond acceptors (Lipinski definition) is 3. The molecule has 4 nitrogen and oxygen atoms in total. The number of nitrogens with one attached hydrogen (secondary N) is 2. The van der Waals surface area contributed by atoms with Crippen LogP contribution in [0, 0.1) is 11.3 Å². The molecule has 0 bridgehead atoms. The van der Waals surface area contributed by atoms with Crippen LogP contribution in [0.15, 0.2) is 0 Å². The highest BCUT2D eigenvalue weighted by molar-refractivity contribution is 5.78. The number of carbonyl (C=O) groups is 1. The molecular formula is C15H31N3O. The highest BCUT2D eigenvalue weighted by Gasteiger charge is 2.31. The summed E-state index contributed by atoms with van der Waals surface area (Å²) in [6.07, 6.45) is 2.48. The average molecular weight is 269 g/mol. The summed E-state index contributed by atoms with van der Waals surface area (Å²) in [6.45, 7) is 12.2. The Morgan fingerprint density at radius 2 is 1.89 bits per heavy atom. The van der Waals surface area contributed by atoms with E-state index in [2.05, 4.69) is 50.3 Å². The van der Waals surface area contributed by atoms with Crippen LogP contribution in [0.25, 0.3) is 0 Å². The molecule has 1 aliphatic heterocycles. The third-order valence-corrected chi connectivity index (χ3v) is 4.24. The van der Waals surface area contributed by atoms with E-state index in [0.717, 1.165) is 6.54 Å². The van der Waals surface area contributed by atoms with Crippen LogP contribution in [0.1, 0.15) is 40.5 Å². The van der Waals surface area contributed by atoms with Crippen molar-refractivity contribution in [2.24, 2.45) is 11.3 Å². The number of likely N-dealkylation sites (tertiary alicyclic amines) is 1. The van der Waals surface area contributed by atoms with Crippen molar-refractivity contribution in [1.82, 2.24) is 15.5 Å². The molecule has 2 N–H and O–H groups in total. The van der Waals surface area contributed by atoms with Gasteiger partial charge >= 0.3 is 0 Å². The van der Waals surface area contributed by atoms with E-state index < -0.39 is 0 Å². The van der Waals surface area contributed by atoms with Crippen molar-refractivity contribution in [3.63, 3.8) is 0 Å². The summed E-state index contributed by atoms with van der Waals surface area (Å²) >= 11 is 0. The molecule has 0 saturated carbocycles. The van der Waals surface area contributed by atoms with Crippen LogP contribution in [0.2, 0.25) is 0 Å². The lowest BCUT2D eigenvalue weighted by Crippen LogP contribution is -2.45. The molecule has 4 heteroatoms. The molecule has 1 amide bonds. The van der Waals surface area contributed by atoms with Crippen LogP contribution in [-0.4, -0.2) is 50.1 Å². The van der Waals surface area contributed by atoms with Crippen molar-refractivity contribution in [2.75, 3.05) is 33.2 Å². The van der Waals surface area contributed by atoms with Crippen LogP contribution >= 0.6 is 0 Å². The normalized spacial score (nSPS) is 18.8. The van der Waals surface area contributed by atoms with Crippen molar-refractivity contribution in [3.05, 3.63) is 0 Å². The van der Waals surface area contributed by atoms with Crippen molar-refractivity contribution in [3.8, 4) is 0 Å². The maximum atomic E-state index is 11.7. The summed E-state index contributed by atoms with van der Waals surface area (Å²) in [7, 11) is 2.18. The fourth-order valence-electron chi connectivity index (χ4n) is 2.62. The second kappa shape index (κ2) is 7.25. The molecule has 1 saturated heterocycles. The fraction of sp³-hybridized carbons (Fsp3) is 0.933. The SMILES string of the molecule is CC(C)NCC(=O)NCC(C)(C)C1CCN(C)CC1. The molecule has 1 aliphatic rings. The Bertz CT molecular complexity index is 281. The first-order valence-electron chi connectivity index (χ1n) is 7.50. The molecule has 0 aromatic rings.